The third kappa shape index (κ3) is 6.34. The highest BCUT2D eigenvalue weighted by molar-refractivity contribution is 5.78. The molecule has 210 valence electrons. The van der Waals surface area contributed by atoms with Gasteiger partial charge < -0.3 is 24.4 Å². The van der Waals surface area contributed by atoms with Gasteiger partial charge in [0.15, 0.2) is 11.5 Å². The van der Waals surface area contributed by atoms with Crippen molar-refractivity contribution in [2.24, 2.45) is 0 Å². The fraction of sp³-hybridized carbons (Fsp3) is 0.400. The highest BCUT2D eigenvalue weighted by Crippen LogP contribution is 2.33. The van der Waals surface area contributed by atoms with Crippen molar-refractivity contribution in [2.75, 3.05) is 20.2 Å². The van der Waals surface area contributed by atoms with Gasteiger partial charge in [-0.15, -0.1) is 0 Å². The van der Waals surface area contributed by atoms with Gasteiger partial charge in [-0.05, 0) is 67.6 Å². The van der Waals surface area contributed by atoms with Crippen molar-refractivity contribution < 1.29 is 23.8 Å². The average molecular weight is 547 g/mol. The lowest BCUT2D eigenvalue weighted by Crippen LogP contribution is -2.57. The Bertz CT molecular complexity index is 1470. The van der Waals surface area contributed by atoms with Crippen molar-refractivity contribution in [1.82, 2.24) is 20.0 Å². The van der Waals surface area contributed by atoms with Crippen LogP contribution < -0.4 is 20.3 Å². The summed E-state index contributed by atoms with van der Waals surface area (Å²) in [5, 5.41) is 7.38. The number of nitrogens with zero attached hydrogens (tertiary/aromatic N) is 3. The molecule has 40 heavy (non-hydrogen) atoms. The first-order valence-electron chi connectivity index (χ1n) is 13.5. The number of nitrogens with one attached hydrogen (secondary N) is 1. The van der Waals surface area contributed by atoms with E-state index in [1.807, 2.05) is 49.4 Å². The smallest absolute Gasteiger partial charge is 0.267 e. The summed E-state index contributed by atoms with van der Waals surface area (Å²) < 4.78 is 19.1. The summed E-state index contributed by atoms with van der Waals surface area (Å²) in [6, 6.07) is 14.4. The number of aryl methyl sites for hydroxylation is 3. The van der Waals surface area contributed by atoms with Gasteiger partial charge >= 0.3 is 0 Å². The maximum Gasteiger partial charge on any atom is 0.267 e. The zero-order valence-electron chi connectivity index (χ0n) is 23.0. The molecule has 1 N–H and O–H groups in total. The van der Waals surface area contributed by atoms with E-state index in [0.717, 1.165) is 16.7 Å². The lowest BCUT2D eigenvalue weighted by Gasteiger charge is -2.38. The summed E-state index contributed by atoms with van der Waals surface area (Å²) in [5.41, 5.74) is 3.03. The van der Waals surface area contributed by atoms with E-state index in [1.165, 1.54) is 10.7 Å². The average Bonchev–Trinajstić information content (AvgIpc) is 2.94. The molecule has 3 heterocycles. The molecule has 0 unspecified atom stereocenters. The molecule has 10 heteroatoms. The maximum absolute atomic E-state index is 13.2. The predicted molar refractivity (Wildman–Crippen MR) is 148 cm³/mol. The van der Waals surface area contributed by atoms with Crippen molar-refractivity contribution in [1.29, 1.82) is 0 Å². The molecule has 0 spiro atoms. The van der Waals surface area contributed by atoms with E-state index in [0.29, 0.717) is 48.9 Å². The van der Waals surface area contributed by atoms with Crippen LogP contribution in [0.4, 0.5) is 0 Å². The Kier molecular flexibility index (Phi) is 8.16. The van der Waals surface area contributed by atoms with Gasteiger partial charge in [0.25, 0.3) is 5.56 Å². The molecule has 3 aromatic rings. The van der Waals surface area contributed by atoms with Crippen LogP contribution in [0.2, 0.25) is 0 Å². The van der Waals surface area contributed by atoms with Crippen molar-refractivity contribution in [3.8, 4) is 17.2 Å². The fourth-order valence-corrected chi connectivity index (χ4v) is 5.03. The molecular weight excluding hydrogens is 512 g/mol. The van der Waals surface area contributed by atoms with Gasteiger partial charge in [-0.25, -0.2) is 4.68 Å². The number of fused-ring (bicyclic) bond motifs is 5. The van der Waals surface area contributed by atoms with Crippen LogP contribution in [-0.2, 0) is 33.9 Å². The Balaban J connectivity index is 1.35. The summed E-state index contributed by atoms with van der Waals surface area (Å²) in [4.78, 5) is 40.3. The number of hydrogen-bond acceptors (Lipinski definition) is 7. The van der Waals surface area contributed by atoms with Gasteiger partial charge in [0.05, 0.1) is 31.6 Å². The standard InChI is InChI=1S/C30H34N4O6/c1-19-13-29(36)34(32-20(19)2)17-30(37)33-12-11-25-24(16-33)31-28(35)10-8-21-7-9-26(38-3)27(15-21)40-23-6-4-5-22(14-23)18-39-25/h4-7,9,13-15,24-25H,8,10-12,16-18H2,1-3H3,(H,31,35)/t24-,25+/m0/s1. The van der Waals surface area contributed by atoms with Crippen molar-refractivity contribution in [2.45, 2.75) is 58.4 Å². The highest BCUT2D eigenvalue weighted by Gasteiger charge is 2.33. The SMILES string of the molecule is COc1ccc2cc1Oc1cccc(c1)CO[C@@H]1CCN(C(=O)Cn3nc(C)c(C)cc3=O)C[C@@H]1NC(=O)CC2. The van der Waals surface area contributed by atoms with Crippen LogP contribution in [0.3, 0.4) is 0 Å². The highest BCUT2D eigenvalue weighted by atomic mass is 16.5. The van der Waals surface area contributed by atoms with Gasteiger partial charge in [0, 0.05) is 25.6 Å². The minimum absolute atomic E-state index is 0.131. The van der Waals surface area contributed by atoms with Crippen LogP contribution in [0, 0.1) is 13.8 Å². The summed E-state index contributed by atoms with van der Waals surface area (Å²) in [6.07, 6.45) is 1.03. The minimum atomic E-state index is -0.398. The molecule has 1 aromatic heterocycles. The van der Waals surface area contributed by atoms with Crippen molar-refractivity contribution in [3.05, 3.63) is 81.3 Å². The summed E-state index contributed by atoms with van der Waals surface area (Å²) >= 11 is 0. The number of piperidine rings is 1. The van der Waals surface area contributed by atoms with Gasteiger partial charge in [-0.3, -0.25) is 14.4 Å². The number of carbonyl (C=O) groups is 2. The Morgan fingerprint density at radius 2 is 1.95 bits per heavy atom. The van der Waals surface area contributed by atoms with Crippen LogP contribution in [0.5, 0.6) is 17.2 Å². The van der Waals surface area contributed by atoms with Crippen LogP contribution in [0.1, 0.15) is 35.2 Å². The molecule has 2 atom stereocenters. The molecule has 0 aliphatic carbocycles. The van der Waals surface area contributed by atoms with Crippen LogP contribution in [-0.4, -0.2) is 58.8 Å². The van der Waals surface area contributed by atoms with Crippen LogP contribution in [0.15, 0.2) is 53.3 Å². The second-order valence-electron chi connectivity index (χ2n) is 10.3. The number of carbonyl (C=O) groups excluding carboxylic acids is 2. The second kappa shape index (κ2) is 11.9. The van der Waals surface area contributed by atoms with E-state index < -0.39 is 6.04 Å². The molecule has 1 saturated heterocycles. The lowest BCUT2D eigenvalue weighted by molar-refractivity contribution is -0.138. The zero-order chi connectivity index (χ0) is 28.2. The molecule has 2 aromatic carbocycles. The number of aromatic nitrogens is 2. The van der Waals surface area contributed by atoms with Gasteiger partial charge in [-0.1, -0.05) is 18.2 Å². The molecule has 2 amide bonds. The molecule has 2 aliphatic heterocycles. The van der Waals surface area contributed by atoms with E-state index in [1.54, 1.807) is 18.9 Å². The molecule has 10 nitrogen and oxygen atoms in total. The number of rotatable bonds is 3. The van der Waals surface area contributed by atoms with E-state index >= 15 is 0 Å². The zero-order valence-corrected chi connectivity index (χ0v) is 23.0. The molecule has 2 aliphatic rings. The number of ether oxygens (including phenoxy) is 3. The first-order chi connectivity index (χ1) is 19.3. The number of methoxy groups -OCH3 is 1. The molecule has 4 bridgehead atoms. The number of benzene rings is 2. The first-order valence-corrected chi connectivity index (χ1v) is 13.5. The van der Waals surface area contributed by atoms with E-state index in [4.69, 9.17) is 14.2 Å². The van der Waals surface area contributed by atoms with E-state index in [2.05, 4.69) is 10.4 Å². The molecule has 0 radical (unpaired) electrons. The molecular formula is C30H34N4O6. The van der Waals surface area contributed by atoms with E-state index in [-0.39, 0.29) is 43.0 Å². The number of hydrogen-bond donors (Lipinski definition) is 1. The van der Waals surface area contributed by atoms with Crippen LogP contribution >= 0.6 is 0 Å². The normalized spacial score (nSPS) is 19.4. The van der Waals surface area contributed by atoms with Crippen LogP contribution in [0.25, 0.3) is 0 Å². The number of amides is 2. The molecule has 1 fully saturated rings. The topological polar surface area (TPSA) is 112 Å². The number of likely N-dealkylation sites (tertiary alicyclic amines) is 1. The van der Waals surface area contributed by atoms with Gasteiger partial charge in [0.2, 0.25) is 11.8 Å². The summed E-state index contributed by atoms with van der Waals surface area (Å²) in [7, 11) is 1.59. The van der Waals surface area contributed by atoms with Crippen molar-refractivity contribution >= 4 is 11.8 Å². The first kappa shape index (κ1) is 27.4. The fourth-order valence-electron chi connectivity index (χ4n) is 5.03. The van der Waals surface area contributed by atoms with Gasteiger partial charge in [-0.2, -0.15) is 5.10 Å². The molecule has 5 rings (SSSR count). The maximum atomic E-state index is 13.2. The lowest BCUT2D eigenvalue weighted by atomic mass is 10.0. The third-order valence-electron chi connectivity index (χ3n) is 7.43. The predicted octanol–water partition coefficient (Wildman–Crippen LogP) is 2.91. The third-order valence-corrected chi connectivity index (χ3v) is 7.43. The Morgan fingerprint density at radius 1 is 1.10 bits per heavy atom. The quantitative estimate of drug-likeness (QED) is 0.538. The Hall–Kier alpha value is -4.18. The Labute approximate surface area is 232 Å². The monoisotopic (exact) mass is 546 g/mol. The minimum Gasteiger partial charge on any atom is -0.493 e. The summed E-state index contributed by atoms with van der Waals surface area (Å²) in [5.74, 6) is 1.49. The largest absolute Gasteiger partial charge is 0.493 e. The second-order valence-corrected chi connectivity index (χ2v) is 10.3. The molecule has 0 saturated carbocycles. The van der Waals surface area contributed by atoms with Gasteiger partial charge in [0.1, 0.15) is 12.3 Å². The van der Waals surface area contributed by atoms with Crippen molar-refractivity contribution in [3.63, 3.8) is 0 Å². The van der Waals surface area contributed by atoms with E-state index in [9.17, 15) is 14.4 Å². The summed E-state index contributed by atoms with van der Waals surface area (Å²) in [6.45, 7) is 4.52. The Morgan fingerprint density at radius 3 is 2.77 bits per heavy atom.